The molecule has 0 aliphatic carbocycles. The Labute approximate surface area is 131 Å². The van der Waals surface area contributed by atoms with Gasteiger partial charge in [-0.25, -0.2) is 0 Å². The molecule has 6 nitrogen and oxygen atoms in total. The highest BCUT2D eigenvalue weighted by molar-refractivity contribution is 7.85. The third-order valence-corrected chi connectivity index (χ3v) is 4.88. The van der Waals surface area contributed by atoms with E-state index < -0.39 is 28.9 Å². The van der Waals surface area contributed by atoms with Gasteiger partial charge in [-0.1, -0.05) is 18.2 Å². The molecule has 2 amide bonds. The molecule has 3 N–H and O–H groups in total. The van der Waals surface area contributed by atoms with E-state index in [1.807, 2.05) is 6.07 Å². The average molecular weight is 324 g/mol. The summed E-state index contributed by atoms with van der Waals surface area (Å²) in [4.78, 5) is 24.1. The zero-order valence-electron chi connectivity index (χ0n) is 12.2. The molecule has 3 atom stereocenters. The lowest BCUT2D eigenvalue weighted by Crippen LogP contribution is -2.48. The van der Waals surface area contributed by atoms with Crippen LogP contribution in [-0.2, 0) is 25.1 Å². The minimum atomic E-state index is -1.23. The molecule has 2 rings (SSSR count). The van der Waals surface area contributed by atoms with Crippen LogP contribution in [0.5, 0.6) is 0 Å². The van der Waals surface area contributed by atoms with Crippen LogP contribution >= 0.6 is 0 Å². The van der Waals surface area contributed by atoms with Gasteiger partial charge in [0.05, 0.1) is 10.8 Å². The fraction of sp³-hybridized carbons (Fsp3) is 0.467. The first-order valence-corrected chi connectivity index (χ1v) is 8.54. The Morgan fingerprint density at radius 3 is 2.68 bits per heavy atom. The van der Waals surface area contributed by atoms with Crippen LogP contribution in [0, 0.1) is 0 Å². The van der Waals surface area contributed by atoms with Crippen LogP contribution in [0.2, 0.25) is 0 Å². The molecule has 0 radical (unpaired) electrons. The number of rotatable bonds is 7. The Hall–Kier alpha value is -1.73. The van der Waals surface area contributed by atoms with Crippen molar-refractivity contribution in [2.24, 2.45) is 5.73 Å². The number of hydrogen-bond acceptors (Lipinski definition) is 4. The van der Waals surface area contributed by atoms with Crippen molar-refractivity contribution < 1.29 is 18.5 Å². The number of carbonyl (C=O) groups is 2. The maximum Gasteiger partial charge on any atom is 0.249 e. The van der Waals surface area contributed by atoms with Crippen molar-refractivity contribution >= 4 is 22.6 Å². The largest absolute Gasteiger partial charge is 0.368 e. The minimum absolute atomic E-state index is 0.231. The molecule has 1 aliphatic rings. The molecule has 22 heavy (non-hydrogen) atoms. The summed E-state index contributed by atoms with van der Waals surface area (Å²) in [6, 6.07) is 8.15. The van der Waals surface area contributed by atoms with Gasteiger partial charge in [0.25, 0.3) is 0 Å². The van der Waals surface area contributed by atoms with Gasteiger partial charge in [-0.3, -0.25) is 13.8 Å². The maximum atomic E-state index is 12.1. The van der Waals surface area contributed by atoms with Crippen molar-refractivity contribution in [3.8, 4) is 0 Å². The number of primary amides is 1. The highest BCUT2D eigenvalue weighted by Crippen LogP contribution is 2.13. The maximum absolute atomic E-state index is 12.1. The summed E-state index contributed by atoms with van der Waals surface area (Å²) in [7, 11) is -1.23. The quantitative estimate of drug-likeness (QED) is 0.755. The zero-order chi connectivity index (χ0) is 15.9. The van der Waals surface area contributed by atoms with Gasteiger partial charge in [-0.05, 0) is 31.4 Å². The summed E-state index contributed by atoms with van der Waals surface area (Å²) in [6.45, 7) is 0.553. The summed E-state index contributed by atoms with van der Waals surface area (Å²) < 4.78 is 17.4. The summed E-state index contributed by atoms with van der Waals surface area (Å²) in [5.41, 5.74) is 5.32. The van der Waals surface area contributed by atoms with Crippen LogP contribution in [-0.4, -0.2) is 40.5 Å². The Morgan fingerprint density at radius 1 is 1.36 bits per heavy atom. The van der Waals surface area contributed by atoms with Gasteiger partial charge in [0.1, 0.15) is 12.1 Å². The molecule has 0 spiro atoms. The summed E-state index contributed by atoms with van der Waals surface area (Å²) in [5, 5.41) is 2.59. The van der Waals surface area contributed by atoms with Gasteiger partial charge in [-0.2, -0.15) is 0 Å². The highest BCUT2D eigenvalue weighted by atomic mass is 32.2. The van der Waals surface area contributed by atoms with Gasteiger partial charge in [0, 0.05) is 17.3 Å². The molecule has 1 saturated heterocycles. The predicted molar refractivity (Wildman–Crippen MR) is 82.4 cm³/mol. The van der Waals surface area contributed by atoms with Crippen LogP contribution in [0.1, 0.15) is 19.3 Å². The molecule has 1 fully saturated rings. The number of hydrogen-bond donors (Lipinski definition) is 2. The van der Waals surface area contributed by atoms with Crippen molar-refractivity contribution in [3.05, 3.63) is 30.3 Å². The smallest absolute Gasteiger partial charge is 0.249 e. The Morgan fingerprint density at radius 2 is 2.09 bits per heavy atom. The van der Waals surface area contributed by atoms with Crippen molar-refractivity contribution in [2.75, 3.05) is 12.4 Å². The summed E-state index contributed by atoms with van der Waals surface area (Å²) >= 11 is 0. The van der Waals surface area contributed by atoms with Gasteiger partial charge in [0.15, 0.2) is 0 Å². The Bertz CT molecular complexity index is 544. The first kappa shape index (κ1) is 16.6. The van der Waals surface area contributed by atoms with Crippen molar-refractivity contribution in [3.63, 3.8) is 0 Å². The van der Waals surface area contributed by atoms with Gasteiger partial charge in [-0.15, -0.1) is 0 Å². The first-order valence-electron chi connectivity index (χ1n) is 7.22. The molecule has 120 valence electrons. The topological polar surface area (TPSA) is 98.5 Å². The molecular weight excluding hydrogens is 304 g/mol. The van der Waals surface area contributed by atoms with E-state index >= 15 is 0 Å². The second-order valence-electron chi connectivity index (χ2n) is 5.12. The molecule has 1 heterocycles. The normalized spacial score (nSPS) is 20.3. The van der Waals surface area contributed by atoms with Gasteiger partial charge in [0.2, 0.25) is 11.8 Å². The van der Waals surface area contributed by atoms with E-state index in [1.165, 1.54) is 0 Å². The number of nitrogens with two attached hydrogens (primary N) is 1. The molecule has 0 unspecified atom stereocenters. The standard InChI is InChI=1S/C15H20N2O4S/c16-14(18)12(17-15(19)13-7-4-9-21-13)8-10-22(20)11-5-2-1-3-6-11/h1-3,5-6,12-13H,4,7-10H2,(H2,16,18)(H,17,19)/t12-,13-,22+/m0/s1. The van der Waals surface area contributed by atoms with E-state index in [1.54, 1.807) is 24.3 Å². The molecule has 1 aliphatic heterocycles. The average Bonchev–Trinajstić information content (AvgIpc) is 3.06. The summed E-state index contributed by atoms with van der Waals surface area (Å²) in [6.07, 6.45) is 1.20. The van der Waals surface area contributed by atoms with Gasteiger partial charge < -0.3 is 15.8 Å². The molecule has 0 bridgehead atoms. The van der Waals surface area contributed by atoms with E-state index in [9.17, 15) is 13.8 Å². The summed E-state index contributed by atoms with van der Waals surface area (Å²) in [5.74, 6) is -0.702. The van der Waals surface area contributed by atoms with Crippen molar-refractivity contribution in [1.29, 1.82) is 0 Å². The van der Waals surface area contributed by atoms with Gasteiger partial charge >= 0.3 is 0 Å². The van der Waals surface area contributed by atoms with E-state index in [-0.39, 0.29) is 18.1 Å². The van der Waals surface area contributed by atoms with E-state index in [0.29, 0.717) is 17.9 Å². The highest BCUT2D eigenvalue weighted by Gasteiger charge is 2.27. The third kappa shape index (κ3) is 4.64. The van der Waals surface area contributed by atoms with Crippen LogP contribution in [0.15, 0.2) is 35.2 Å². The van der Waals surface area contributed by atoms with E-state index in [4.69, 9.17) is 10.5 Å². The minimum Gasteiger partial charge on any atom is -0.368 e. The second-order valence-corrected chi connectivity index (χ2v) is 6.69. The molecule has 0 aromatic heterocycles. The predicted octanol–water partition coefficient (Wildman–Crippen LogP) is 0.333. The van der Waals surface area contributed by atoms with Crippen LogP contribution in [0.4, 0.5) is 0 Å². The number of ether oxygens (including phenoxy) is 1. The fourth-order valence-corrected chi connectivity index (χ4v) is 3.40. The molecule has 1 aromatic rings. The molecule has 7 heteroatoms. The number of amides is 2. The van der Waals surface area contributed by atoms with Crippen molar-refractivity contribution in [2.45, 2.75) is 36.3 Å². The lowest BCUT2D eigenvalue weighted by molar-refractivity contribution is -0.133. The lowest BCUT2D eigenvalue weighted by atomic mass is 10.2. The zero-order valence-corrected chi connectivity index (χ0v) is 13.0. The van der Waals surface area contributed by atoms with Crippen LogP contribution < -0.4 is 11.1 Å². The first-order chi connectivity index (χ1) is 10.6. The van der Waals surface area contributed by atoms with E-state index in [2.05, 4.69) is 5.32 Å². The van der Waals surface area contributed by atoms with Crippen LogP contribution in [0.3, 0.4) is 0 Å². The monoisotopic (exact) mass is 324 g/mol. The van der Waals surface area contributed by atoms with Crippen LogP contribution in [0.25, 0.3) is 0 Å². The number of nitrogens with one attached hydrogen (secondary N) is 1. The lowest BCUT2D eigenvalue weighted by Gasteiger charge is -2.17. The Balaban J connectivity index is 1.87. The Kier molecular flexibility index (Phi) is 6.09. The second kappa shape index (κ2) is 8.05. The van der Waals surface area contributed by atoms with E-state index in [0.717, 1.165) is 6.42 Å². The number of carbonyl (C=O) groups excluding carboxylic acids is 2. The van der Waals surface area contributed by atoms with Crippen molar-refractivity contribution in [1.82, 2.24) is 5.32 Å². The third-order valence-electron chi connectivity index (χ3n) is 3.48. The molecule has 0 saturated carbocycles. The number of benzene rings is 1. The fourth-order valence-electron chi connectivity index (χ4n) is 2.25. The SMILES string of the molecule is NC(=O)[C@H](CC[S@@](=O)c1ccccc1)NC(=O)[C@@H]1CCCO1. The molecular formula is C15H20N2O4S. The molecule has 1 aromatic carbocycles.